The van der Waals surface area contributed by atoms with E-state index in [4.69, 9.17) is 4.74 Å². The van der Waals surface area contributed by atoms with Gasteiger partial charge < -0.3 is 20.3 Å². The van der Waals surface area contributed by atoms with Gasteiger partial charge in [0.15, 0.2) is 0 Å². The minimum atomic E-state index is -1.50. The highest BCUT2D eigenvalue weighted by Gasteiger charge is 2.37. The zero-order chi connectivity index (χ0) is 21.1. The van der Waals surface area contributed by atoms with Gasteiger partial charge >= 0.3 is 0 Å². The van der Waals surface area contributed by atoms with Crippen molar-refractivity contribution in [3.8, 4) is 0 Å². The van der Waals surface area contributed by atoms with Crippen molar-refractivity contribution in [3.05, 3.63) is 40.4 Å². The number of anilines is 2. The Morgan fingerprint density at radius 2 is 2.17 bits per heavy atom. The molecule has 30 heavy (non-hydrogen) atoms. The minimum absolute atomic E-state index is 0.188. The van der Waals surface area contributed by atoms with Gasteiger partial charge in [-0.2, -0.15) is 0 Å². The molecule has 8 heteroatoms. The van der Waals surface area contributed by atoms with Crippen LogP contribution in [0.25, 0.3) is 6.08 Å². The van der Waals surface area contributed by atoms with E-state index in [1.807, 2.05) is 6.07 Å². The Labute approximate surface area is 176 Å². The first-order valence-electron chi connectivity index (χ1n) is 10.9. The van der Waals surface area contributed by atoms with E-state index in [0.717, 1.165) is 62.3 Å². The molecule has 1 saturated carbocycles. The number of halogens is 1. The molecule has 7 nitrogen and oxygen atoms in total. The van der Waals surface area contributed by atoms with E-state index in [2.05, 4.69) is 32.6 Å². The van der Waals surface area contributed by atoms with Crippen molar-refractivity contribution < 1.29 is 9.13 Å². The van der Waals surface area contributed by atoms with Gasteiger partial charge in [-0.05, 0) is 55.9 Å². The SMILES string of the molecule is CC(F)OC1=Cc2cnc(NC3CCNCC3)cc2N([C@@H]2CCC[C@@H]2C)/C1=C\N=O. The molecule has 1 aliphatic carbocycles. The monoisotopic (exact) mass is 415 g/mol. The first-order valence-corrected chi connectivity index (χ1v) is 10.9. The molecule has 2 fully saturated rings. The lowest BCUT2D eigenvalue weighted by atomic mass is 9.98. The summed E-state index contributed by atoms with van der Waals surface area (Å²) in [5, 5.41) is 9.94. The second-order valence-corrected chi connectivity index (χ2v) is 8.43. The van der Waals surface area contributed by atoms with Crippen LogP contribution in [0.5, 0.6) is 0 Å². The third kappa shape index (κ3) is 4.33. The van der Waals surface area contributed by atoms with Crippen molar-refractivity contribution >= 4 is 17.6 Å². The summed E-state index contributed by atoms with van der Waals surface area (Å²) in [5.41, 5.74) is 2.32. The second-order valence-electron chi connectivity index (χ2n) is 8.43. The lowest BCUT2D eigenvalue weighted by Gasteiger charge is -2.39. The Balaban J connectivity index is 1.74. The van der Waals surface area contributed by atoms with Gasteiger partial charge in [-0.15, -0.1) is 4.91 Å². The molecule has 4 rings (SSSR count). The van der Waals surface area contributed by atoms with E-state index in [0.29, 0.717) is 23.4 Å². The zero-order valence-corrected chi connectivity index (χ0v) is 17.6. The summed E-state index contributed by atoms with van der Waals surface area (Å²) in [4.78, 5) is 17.9. The van der Waals surface area contributed by atoms with Crippen molar-refractivity contribution in [3.63, 3.8) is 0 Å². The molecule has 1 aromatic heterocycles. The average molecular weight is 416 g/mol. The second kappa shape index (κ2) is 9.12. The maximum atomic E-state index is 13.7. The maximum Gasteiger partial charge on any atom is 0.235 e. The number of nitrogens with zero attached hydrogens (tertiary/aromatic N) is 3. The summed E-state index contributed by atoms with van der Waals surface area (Å²) in [7, 11) is 0. The van der Waals surface area contributed by atoms with Gasteiger partial charge in [-0.25, -0.2) is 9.37 Å². The van der Waals surface area contributed by atoms with Crippen molar-refractivity contribution in [2.45, 2.75) is 64.4 Å². The van der Waals surface area contributed by atoms with Crippen LogP contribution in [0.2, 0.25) is 0 Å². The molecule has 1 saturated heterocycles. The smallest absolute Gasteiger partial charge is 0.235 e. The fourth-order valence-electron chi connectivity index (χ4n) is 4.80. The van der Waals surface area contributed by atoms with E-state index in [9.17, 15) is 9.30 Å². The molecule has 3 heterocycles. The Morgan fingerprint density at radius 1 is 1.37 bits per heavy atom. The summed E-state index contributed by atoms with van der Waals surface area (Å²) in [6.07, 6.45) is 8.61. The number of hydrogen-bond acceptors (Lipinski definition) is 7. The zero-order valence-electron chi connectivity index (χ0n) is 17.6. The van der Waals surface area contributed by atoms with Gasteiger partial charge in [0.25, 0.3) is 0 Å². The molecule has 0 bridgehead atoms. The molecule has 0 spiro atoms. The number of hydrogen-bond donors (Lipinski definition) is 2. The molecule has 1 unspecified atom stereocenters. The van der Waals surface area contributed by atoms with Crippen LogP contribution in [0, 0.1) is 10.8 Å². The Hall–Kier alpha value is -2.48. The number of piperidine rings is 1. The molecule has 0 radical (unpaired) electrons. The van der Waals surface area contributed by atoms with Gasteiger partial charge in [0, 0.05) is 36.8 Å². The lowest BCUT2D eigenvalue weighted by molar-refractivity contribution is 0.0268. The van der Waals surface area contributed by atoms with E-state index < -0.39 is 6.36 Å². The third-order valence-electron chi connectivity index (χ3n) is 6.27. The molecule has 3 atom stereocenters. The van der Waals surface area contributed by atoms with Gasteiger partial charge in [0.1, 0.15) is 17.3 Å². The largest absolute Gasteiger partial charge is 0.458 e. The lowest BCUT2D eigenvalue weighted by Crippen LogP contribution is -2.39. The quantitative estimate of drug-likeness (QED) is 0.665. The number of pyridine rings is 1. The van der Waals surface area contributed by atoms with E-state index >= 15 is 0 Å². The molecule has 0 aromatic carbocycles. The number of ether oxygens (including phenoxy) is 1. The number of alkyl halides is 1. The fraction of sp³-hybridized carbons (Fsp3) is 0.591. The van der Waals surface area contributed by atoms with Crippen LogP contribution in [0.1, 0.15) is 51.5 Å². The van der Waals surface area contributed by atoms with Crippen molar-refractivity contribution in [1.29, 1.82) is 0 Å². The maximum absolute atomic E-state index is 13.7. The third-order valence-corrected chi connectivity index (χ3v) is 6.27. The van der Waals surface area contributed by atoms with Crippen LogP contribution in [0.3, 0.4) is 0 Å². The average Bonchev–Trinajstić information content (AvgIpc) is 3.14. The number of nitrogens with one attached hydrogen (secondary N) is 2. The van der Waals surface area contributed by atoms with Crippen molar-refractivity contribution in [2.24, 2.45) is 11.1 Å². The number of fused-ring (bicyclic) bond motifs is 1. The number of rotatable bonds is 6. The van der Waals surface area contributed by atoms with Crippen LogP contribution in [0.15, 0.2) is 35.1 Å². The first kappa shape index (κ1) is 20.8. The highest BCUT2D eigenvalue weighted by Crippen LogP contribution is 2.43. The molecule has 2 aliphatic heterocycles. The molecule has 1 aromatic rings. The fourth-order valence-corrected chi connectivity index (χ4v) is 4.80. The minimum Gasteiger partial charge on any atom is -0.458 e. The Kier molecular flexibility index (Phi) is 6.32. The highest BCUT2D eigenvalue weighted by atomic mass is 19.1. The van der Waals surface area contributed by atoms with Crippen LogP contribution in [0.4, 0.5) is 15.9 Å². The van der Waals surface area contributed by atoms with Gasteiger partial charge in [-0.1, -0.05) is 13.3 Å². The molecule has 3 aliphatic rings. The van der Waals surface area contributed by atoms with Gasteiger partial charge in [0.05, 0.1) is 11.9 Å². The first-order chi connectivity index (χ1) is 14.6. The number of nitroso groups, excluding NO2 is 1. The summed E-state index contributed by atoms with van der Waals surface area (Å²) < 4.78 is 19.2. The van der Waals surface area contributed by atoms with Crippen LogP contribution >= 0.6 is 0 Å². The summed E-state index contributed by atoms with van der Waals surface area (Å²) >= 11 is 0. The molecular formula is C22H30FN5O2. The van der Waals surface area contributed by atoms with Crippen LogP contribution in [-0.4, -0.2) is 36.5 Å². The predicted octanol–water partition coefficient (Wildman–Crippen LogP) is 4.53. The summed E-state index contributed by atoms with van der Waals surface area (Å²) in [6.45, 7) is 5.54. The standard InChI is InChI=1S/C22H30FN5O2/c1-14-4-3-5-18(14)28-19-11-22(27-17-6-8-24-9-7-17)25-12-16(19)10-21(30-15(2)23)20(28)13-26-29/h10-15,17-18,24H,3-9H2,1-2H3,(H,25,27)/b20-13-/t14-,15?,18+/m0/s1. The van der Waals surface area contributed by atoms with E-state index in [-0.39, 0.29) is 6.04 Å². The van der Waals surface area contributed by atoms with Gasteiger partial charge in [-0.3, -0.25) is 0 Å². The topological polar surface area (TPSA) is 78.8 Å². The van der Waals surface area contributed by atoms with Crippen molar-refractivity contribution in [1.82, 2.24) is 10.3 Å². The Bertz CT molecular complexity index is 835. The van der Waals surface area contributed by atoms with Crippen LogP contribution in [-0.2, 0) is 4.74 Å². The molecule has 162 valence electrons. The molecule has 2 N–H and O–H groups in total. The predicted molar refractivity (Wildman–Crippen MR) is 117 cm³/mol. The van der Waals surface area contributed by atoms with Crippen molar-refractivity contribution in [2.75, 3.05) is 23.3 Å². The van der Waals surface area contributed by atoms with Crippen LogP contribution < -0.4 is 15.5 Å². The van der Waals surface area contributed by atoms with E-state index in [1.54, 1.807) is 12.3 Å². The Morgan fingerprint density at radius 3 is 2.83 bits per heavy atom. The van der Waals surface area contributed by atoms with Gasteiger partial charge in [0.2, 0.25) is 6.36 Å². The number of aromatic nitrogens is 1. The highest BCUT2D eigenvalue weighted by molar-refractivity contribution is 5.80. The van der Waals surface area contributed by atoms with E-state index in [1.165, 1.54) is 13.1 Å². The molecule has 0 amide bonds. The summed E-state index contributed by atoms with van der Waals surface area (Å²) in [5.74, 6) is 1.56. The molecular weight excluding hydrogens is 385 g/mol. The summed E-state index contributed by atoms with van der Waals surface area (Å²) in [6, 6.07) is 2.61. The normalized spacial score (nSPS) is 26.8.